The molecule has 0 spiro atoms. The van der Waals surface area contributed by atoms with Crippen LogP contribution in [0.4, 0.5) is 13.2 Å². The summed E-state index contributed by atoms with van der Waals surface area (Å²) in [4.78, 5) is 15.9. The van der Waals surface area contributed by atoms with Gasteiger partial charge >= 0.3 is 0 Å². The molecule has 1 aromatic rings. The summed E-state index contributed by atoms with van der Waals surface area (Å²) in [7, 11) is 0. The number of alkyl halides is 2. The largest absolute Gasteiger partial charge is 0.326 e. The Hall–Kier alpha value is -1.59. The fraction of sp³-hybridized carbons (Fsp3) is 0.333. The highest BCUT2D eigenvalue weighted by molar-refractivity contribution is 5.94. The molecule has 0 saturated carbocycles. The van der Waals surface area contributed by atoms with Crippen LogP contribution in [-0.2, 0) is 0 Å². The molecule has 80 valence electrons. The number of likely N-dealkylation sites (tertiary alicyclic amines) is 1. The van der Waals surface area contributed by atoms with E-state index < -0.39 is 30.7 Å². The third kappa shape index (κ3) is 1.93. The number of rotatable bonds is 1. The fourth-order valence-electron chi connectivity index (χ4n) is 1.37. The molecule has 1 fully saturated rings. The van der Waals surface area contributed by atoms with Crippen molar-refractivity contribution in [2.75, 3.05) is 13.1 Å². The minimum Gasteiger partial charge on any atom is -0.326 e. The summed E-state index contributed by atoms with van der Waals surface area (Å²) in [6.07, 6.45) is 2.10. The van der Waals surface area contributed by atoms with Gasteiger partial charge < -0.3 is 4.90 Å². The number of amides is 1. The number of carbonyl (C=O) groups is 1. The Bertz CT molecular complexity index is 400. The highest BCUT2D eigenvalue weighted by Gasteiger charge is 2.46. The Labute approximate surface area is 83.5 Å². The number of hydrogen-bond donors (Lipinski definition) is 0. The SMILES string of the molecule is O=C(c1cncc(F)c1)N1CC(F)(F)C1. The van der Waals surface area contributed by atoms with Crippen molar-refractivity contribution in [3.8, 4) is 0 Å². The molecule has 2 heterocycles. The Morgan fingerprint density at radius 2 is 2.07 bits per heavy atom. The monoisotopic (exact) mass is 216 g/mol. The Morgan fingerprint density at radius 1 is 1.40 bits per heavy atom. The maximum atomic E-state index is 12.7. The minimum atomic E-state index is -2.81. The Morgan fingerprint density at radius 3 is 2.60 bits per heavy atom. The first-order chi connectivity index (χ1) is 6.98. The molecule has 0 N–H and O–H groups in total. The molecule has 1 amide bonds. The molecule has 6 heteroatoms. The van der Waals surface area contributed by atoms with Gasteiger partial charge in [0.2, 0.25) is 0 Å². The first-order valence-electron chi connectivity index (χ1n) is 4.26. The van der Waals surface area contributed by atoms with Crippen LogP contribution in [0, 0.1) is 5.82 Å². The van der Waals surface area contributed by atoms with E-state index in [9.17, 15) is 18.0 Å². The second-order valence-electron chi connectivity index (χ2n) is 3.41. The lowest BCUT2D eigenvalue weighted by Gasteiger charge is -2.38. The van der Waals surface area contributed by atoms with Crippen LogP contribution in [0.15, 0.2) is 18.5 Å². The van der Waals surface area contributed by atoms with Gasteiger partial charge in [-0.25, -0.2) is 13.2 Å². The van der Waals surface area contributed by atoms with E-state index in [1.165, 1.54) is 0 Å². The minimum absolute atomic E-state index is 0.00880. The van der Waals surface area contributed by atoms with Crippen molar-refractivity contribution < 1.29 is 18.0 Å². The highest BCUT2D eigenvalue weighted by Crippen LogP contribution is 2.27. The molecule has 15 heavy (non-hydrogen) atoms. The lowest BCUT2D eigenvalue weighted by atomic mass is 10.1. The smallest absolute Gasteiger partial charge is 0.282 e. The number of nitrogens with zero attached hydrogens (tertiary/aromatic N) is 2. The van der Waals surface area contributed by atoms with Gasteiger partial charge in [-0.1, -0.05) is 0 Å². The van der Waals surface area contributed by atoms with Crippen LogP contribution in [0.25, 0.3) is 0 Å². The summed E-state index contributed by atoms with van der Waals surface area (Å²) in [6.45, 7) is -1.22. The number of aromatic nitrogens is 1. The summed E-state index contributed by atoms with van der Waals surface area (Å²) >= 11 is 0. The molecule has 0 aliphatic carbocycles. The first kappa shape index (κ1) is 9.95. The molecule has 1 aliphatic rings. The molecule has 1 saturated heterocycles. The van der Waals surface area contributed by atoms with Crippen LogP contribution in [0.2, 0.25) is 0 Å². The van der Waals surface area contributed by atoms with Gasteiger partial charge in [-0.15, -0.1) is 0 Å². The van der Waals surface area contributed by atoms with Crippen LogP contribution in [0.3, 0.4) is 0 Å². The van der Waals surface area contributed by atoms with Crippen LogP contribution in [0.1, 0.15) is 10.4 Å². The predicted molar refractivity (Wildman–Crippen MR) is 45.0 cm³/mol. The average Bonchev–Trinajstić information content (AvgIpc) is 2.13. The van der Waals surface area contributed by atoms with Crippen LogP contribution >= 0.6 is 0 Å². The summed E-state index contributed by atoms with van der Waals surface area (Å²) in [5.74, 6) is -4.09. The van der Waals surface area contributed by atoms with Gasteiger partial charge in [0, 0.05) is 6.20 Å². The van der Waals surface area contributed by atoms with E-state index in [0.29, 0.717) is 0 Å². The fourth-order valence-corrected chi connectivity index (χ4v) is 1.37. The van der Waals surface area contributed by atoms with E-state index in [0.717, 1.165) is 23.4 Å². The van der Waals surface area contributed by atoms with E-state index in [1.54, 1.807) is 0 Å². The molecule has 1 aromatic heterocycles. The van der Waals surface area contributed by atoms with Crippen molar-refractivity contribution in [3.05, 3.63) is 29.8 Å². The Balaban J connectivity index is 2.10. The van der Waals surface area contributed by atoms with Crippen molar-refractivity contribution in [3.63, 3.8) is 0 Å². The van der Waals surface area contributed by atoms with E-state index in [-0.39, 0.29) is 5.56 Å². The van der Waals surface area contributed by atoms with Crippen molar-refractivity contribution in [1.29, 1.82) is 0 Å². The third-order valence-electron chi connectivity index (χ3n) is 2.08. The number of hydrogen-bond acceptors (Lipinski definition) is 2. The van der Waals surface area contributed by atoms with Crippen LogP contribution in [0.5, 0.6) is 0 Å². The first-order valence-corrected chi connectivity index (χ1v) is 4.26. The quantitative estimate of drug-likeness (QED) is 0.709. The molecule has 0 aromatic carbocycles. The maximum absolute atomic E-state index is 12.7. The Kier molecular flexibility index (Phi) is 2.13. The maximum Gasteiger partial charge on any atom is 0.282 e. The number of carbonyl (C=O) groups excluding carboxylic acids is 1. The molecule has 1 aliphatic heterocycles. The lowest BCUT2D eigenvalue weighted by molar-refractivity contribution is -0.113. The van der Waals surface area contributed by atoms with Gasteiger partial charge in [-0.05, 0) is 6.07 Å². The molecule has 2 rings (SSSR count). The molecule has 0 bridgehead atoms. The summed E-state index contributed by atoms with van der Waals surface area (Å²) in [5, 5.41) is 0. The van der Waals surface area contributed by atoms with E-state index in [2.05, 4.69) is 4.98 Å². The third-order valence-corrected chi connectivity index (χ3v) is 2.08. The normalized spacial score (nSPS) is 18.5. The van der Waals surface area contributed by atoms with Gasteiger partial charge in [0.1, 0.15) is 5.82 Å². The van der Waals surface area contributed by atoms with Gasteiger partial charge in [0.15, 0.2) is 0 Å². The summed E-state index contributed by atoms with van der Waals surface area (Å²) < 4.78 is 37.6. The predicted octanol–water partition coefficient (Wildman–Crippen LogP) is 1.31. The van der Waals surface area contributed by atoms with E-state index in [4.69, 9.17) is 0 Å². The molecule has 0 radical (unpaired) electrons. The van der Waals surface area contributed by atoms with Crippen molar-refractivity contribution in [2.45, 2.75) is 5.92 Å². The summed E-state index contributed by atoms with van der Waals surface area (Å²) in [6, 6.07) is 0.978. The molecule has 0 atom stereocenters. The zero-order valence-electron chi connectivity index (χ0n) is 7.58. The van der Waals surface area contributed by atoms with Crippen molar-refractivity contribution >= 4 is 5.91 Å². The van der Waals surface area contributed by atoms with Crippen LogP contribution < -0.4 is 0 Å². The van der Waals surface area contributed by atoms with Crippen molar-refractivity contribution in [2.24, 2.45) is 0 Å². The molecule has 3 nitrogen and oxygen atoms in total. The second-order valence-corrected chi connectivity index (χ2v) is 3.41. The standard InChI is InChI=1S/C9H7F3N2O/c10-7-1-6(2-13-3-7)8(15)14-4-9(11,12)5-14/h1-3H,4-5H2. The highest BCUT2D eigenvalue weighted by atomic mass is 19.3. The van der Waals surface area contributed by atoms with Crippen LogP contribution in [-0.4, -0.2) is 34.8 Å². The number of halogens is 3. The second kappa shape index (κ2) is 3.22. The van der Waals surface area contributed by atoms with E-state index >= 15 is 0 Å². The average molecular weight is 216 g/mol. The van der Waals surface area contributed by atoms with E-state index in [1.807, 2.05) is 0 Å². The summed E-state index contributed by atoms with van der Waals surface area (Å²) in [5.41, 5.74) is -0.00880. The van der Waals surface area contributed by atoms with Crippen molar-refractivity contribution in [1.82, 2.24) is 9.88 Å². The molecular formula is C9H7F3N2O. The van der Waals surface area contributed by atoms with Gasteiger partial charge in [0.25, 0.3) is 11.8 Å². The lowest BCUT2D eigenvalue weighted by Crippen LogP contribution is -2.58. The van der Waals surface area contributed by atoms with Gasteiger partial charge in [0.05, 0.1) is 24.8 Å². The molecule has 0 unspecified atom stereocenters. The zero-order chi connectivity index (χ0) is 11.1. The zero-order valence-corrected chi connectivity index (χ0v) is 7.58. The molecular weight excluding hydrogens is 209 g/mol. The topological polar surface area (TPSA) is 33.2 Å². The van der Waals surface area contributed by atoms with Gasteiger partial charge in [-0.2, -0.15) is 0 Å². The number of pyridine rings is 1. The van der Waals surface area contributed by atoms with Gasteiger partial charge in [-0.3, -0.25) is 9.78 Å².